The summed E-state index contributed by atoms with van der Waals surface area (Å²) in [5, 5.41) is 20.4. The van der Waals surface area contributed by atoms with Crippen LogP contribution in [-0.4, -0.2) is 21.9 Å². The van der Waals surface area contributed by atoms with E-state index in [2.05, 4.69) is 20.8 Å². The van der Waals surface area contributed by atoms with Crippen molar-refractivity contribution in [2.45, 2.75) is 131 Å². The molecule has 0 heterocycles. The van der Waals surface area contributed by atoms with Gasteiger partial charge >= 0.3 is 0 Å². The second-order valence-corrected chi connectivity index (χ2v) is 12.7. The lowest BCUT2D eigenvalue weighted by atomic mass is 9.44. The van der Waals surface area contributed by atoms with Crippen molar-refractivity contribution in [2.75, 3.05) is 0 Å². The summed E-state index contributed by atoms with van der Waals surface area (Å²) in [4.78, 5) is 0. The van der Waals surface area contributed by atoms with Crippen LogP contribution in [0, 0.1) is 46.3 Å². The lowest BCUT2D eigenvalue weighted by Crippen LogP contribution is -2.53. The summed E-state index contributed by atoms with van der Waals surface area (Å²) in [5.74, 6) is 5.20. The van der Waals surface area contributed by atoms with Gasteiger partial charge in [-0.05, 0) is 124 Å². The highest BCUT2D eigenvalue weighted by Crippen LogP contribution is 2.68. The Morgan fingerprint density at radius 1 is 0.900 bits per heavy atom. The largest absolute Gasteiger partial charge is 0.393 e. The summed E-state index contributed by atoms with van der Waals surface area (Å²) in [6, 6.07) is 0. The van der Waals surface area contributed by atoms with Gasteiger partial charge in [0, 0.05) is 0 Å². The highest BCUT2D eigenvalue weighted by Gasteiger charge is 2.61. The van der Waals surface area contributed by atoms with Gasteiger partial charge in [-0.25, -0.2) is 0 Å². The Morgan fingerprint density at radius 3 is 2.23 bits per heavy atom. The molecule has 0 radical (unpaired) electrons. The summed E-state index contributed by atoms with van der Waals surface area (Å²) in [6.45, 7) is 15.7. The maximum atomic E-state index is 10.2. The number of hydrogen-bond acceptors (Lipinski definition) is 2. The van der Waals surface area contributed by atoms with Crippen LogP contribution >= 0.6 is 0 Å². The third-order valence-electron chi connectivity index (χ3n) is 10.5. The van der Waals surface area contributed by atoms with E-state index in [1.807, 2.05) is 27.7 Å². The fourth-order valence-corrected chi connectivity index (χ4v) is 9.07. The second kappa shape index (κ2) is 9.05. The quantitative estimate of drug-likeness (QED) is 0.504. The maximum absolute atomic E-state index is 10.2. The Hall–Kier alpha value is -0.0800. The van der Waals surface area contributed by atoms with Crippen LogP contribution in [0.2, 0.25) is 0 Å². The van der Waals surface area contributed by atoms with Gasteiger partial charge in [0.25, 0.3) is 0 Å². The van der Waals surface area contributed by atoms with Crippen LogP contribution in [0.25, 0.3) is 0 Å². The van der Waals surface area contributed by atoms with Crippen LogP contribution in [0.4, 0.5) is 0 Å². The number of aliphatic hydroxyl groups excluding tert-OH is 1. The van der Waals surface area contributed by atoms with Crippen LogP contribution in [-0.2, 0) is 0 Å². The average molecular weight is 421 g/mol. The predicted molar refractivity (Wildman–Crippen MR) is 127 cm³/mol. The minimum absolute atomic E-state index is 0.0323. The van der Waals surface area contributed by atoms with E-state index in [4.69, 9.17) is 0 Å². The molecule has 9 atom stereocenters. The first-order valence-corrected chi connectivity index (χ1v) is 13.4. The van der Waals surface area contributed by atoms with Crippen LogP contribution in [0.3, 0.4) is 0 Å². The van der Waals surface area contributed by atoms with Gasteiger partial charge in [-0.1, -0.05) is 41.0 Å². The van der Waals surface area contributed by atoms with E-state index >= 15 is 0 Å². The Labute approximate surface area is 187 Å². The second-order valence-electron chi connectivity index (χ2n) is 12.7. The standard InChI is InChI=1S/C26H46O2.C2H6/c1-17-15-23-20-9-8-18-16-19(27)10-13-25(18,4)22(20)11-14-26(23,5)21(17)7-6-12-24(2,3)28;1-2/h17-23,27-28H,6-16H2,1-5H3;1-2H3/t17-,18?,19?,20?,21?,22?,23?,25?,26?;/m1./s1. The third kappa shape index (κ3) is 4.39. The molecule has 4 aliphatic rings. The molecule has 0 bridgehead atoms. The Kier molecular flexibility index (Phi) is 7.41. The lowest BCUT2D eigenvalue weighted by molar-refractivity contribution is -0.127. The van der Waals surface area contributed by atoms with Crippen molar-refractivity contribution in [3.05, 3.63) is 0 Å². The van der Waals surface area contributed by atoms with E-state index in [9.17, 15) is 10.2 Å². The fourth-order valence-electron chi connectivity index (χ4n) is 9.07. The highest BCUT2D eigenvalue weighted by atomic mass is 16.3. The van der Waals surface area contributed by atoms with Gasteiger partial charge < -0.3 is 10.2 Å². The topological polar surface area (TPSA) is 40.5 Å². The molecule has 4 saturated carbocycles. The molecule has 0 saturated heterocycles. The minimum atomic E-state index is -0.516. The molecule has 0 amide bonds. The van der Waals surface area contributed by atoms with Gasteiger partial charge in [0.2, 0.25) is 0 Å². The third-order valence-corrected chi connectivity index (χ3v) is 10.5. The summed E-state index contributed by atoms with van der Waals surface area (Å²) < 4.78 is 0. The van der Waals surface area contributed by atoms with Crippen molar-refractivity contribution < 1.29 is 10.2 Å². The van der Waals surface area contributed by atoms with E-state index in [-0.39, 0.29) is 6.10 Å². The fraction of sp³-hybridized carbons (Fsp3) is 1.00. The van der Waals surface area contributed by atoms with Gasteiger partial charge in [0.05, 0.1) is 11.7 Å². The van der Waals surface area contributed by atoms with Gasteiger partial charge in [-0.15, -0.1) is 0 Å². The van der Waals surface area contributed by atoms with Crippen molar-refractivity contribution in [1.29, 1.82) is 0 Å². The molecule has 4 rings (SSSR count). The molecule has 2 nitrogen and oxygen atoms in total. The van der Waals surface area contributed by atoms with Gasteiger partial charge in [0.15, 0.2) is 0 Å². The first kappa shape index (κ1) is 24.6. The molecule has 0 aromatic carbocycles. The zero-order valence-electron chi connectivity index (χ0n) is 21.2. The first-order chi connectivity index (χ1) is 14.0. The van der Waals surface area contributed by atoms with Crippen LogP contribution in [0.5, 0.6) is 0 Å². The van der Waals surface area contributed by atoms with Gasteiger partial charge in [-0.3, -0.25) is 0 Å². The molecule has 0 aromatic rings. The molecular weight excluding hydrogens is 368 g/mol. The van der Waals surface area contributed by atoms with Gasteiger partial charge in [-0.2, -0.15) is 0 Å². The normalized spacial score (nSPS) is 48.1. The minimum Gasteiger partial charge on any atom is -0.393 e. The van der Waals surface area contributed by atoms with Gasteiger partial charge in [0.1, 0.15) is 0 Å². The first-order valence-electron chi connectivity index (χ1n) is 13.4. The number of hydrogen-bond donors (Lipinski definition) is 2. The van der Waals surface area contributed by atoms with Crippen molar-refractivity contribution >= 4 is 0 Å². The van der Waals surface area contributed by atoms with E-state index in [0.29, 0.717) is 10.8 Å². The molecule has 0 spiro atoms. The summed E-state index contributed by atoms with van der Waals surface area (Å²) in [7, 11) is 0. The molecule has 8 unspecified atom stereocenters. The number of fused-ring (bicyclic) bond motifs is 5. The van der Waals surface area contributed by atoms with E-state index in [0.717, 1.165) is 54.8 Å². The Balaban J connectivity index is 0.00000124. The molecule has 30 heavy (non-hydrogen) atoms. The molecule has 4 fully saturated rings. The molecule has 176 valence electrons. The molecule has 2 N–H and O–H groups in total. The maximum Gasteiger partial charge on any atom is 0.0591 e. The zero-order chi connectivity index (χ0) is 22.3. The van der Waals surface area contributed by atoms with Crippen LogP contribution < -0.4 is 0 Å². The highest BCUT2D eigenvalue weighted by molar-refractivity contribution is 5.10. The van der Waals surface area contributed by atoms with Crippen LogP contribution in [0.1, 0.15) is 119 Å². The lowest BCUT2D eigenvalue weighted by Gasteiger charge is -2.61. The molecule has 0 aromatic heterocycles. The zero-order valence-corrected chi connectivity index (χ0v) is 21.2. The summed E-state index contributed by atoms with van der Waals surface area (Å²) >= 11 is 0. The average Bonchev–Trinajstić information content (AvgIpc) is 2.94. The molecule has 2 heteroatoms. The molecule has 4 aliphatic carbocycles. The van der Waals surface area contributed by atoms with Crippen molar-refractivity contribution in [2.24, 2.45) is 46.3 Å². The molecule has 0 aliphatic heterocycles. The molecular formula is C28H52O2. The Bertz CT molecular complexity index is 565. The Morgan fingerprint density at radius 2 is 1.57 bits per heavy atom. The van der Waals surface area contributed by atoms with Crippen molar-refractivity contribution in [1.82, 2.24) is 0 Å². The van der Waals surface area contributed by atoms with Crippen molar-refractivity contribution in [3.8, 4) is 0 Å². The van der Waals surface area contributed by atoms with Crippen molar-refractivity contribution in [3.63, 3.8) is 0 Å². The van der Waals surface area contributed by atoms with E-state index in [1.165, 1.54) is 51.4 Å². The SMILES string of the molecule is CC.C[C@@H]1CC2C3CCC4CC(O)CCC4(C)C3CCC2(C)C1CCCC(C)(C)O. The monoisotopic (exact) mass is 420 g/mol. The van der Waals surface area contributed by atoms with Crippen LogP contribution in [0.15, 0.2) is 0 Å². The van der Waals surface area contributed by atoms with E-state index in [1.54, 1.807) is 0 Å². The smallest absolute Gasteiger partial charge is 0.0591 e. The summed E-state index contributed by atoms with van der Waals surface area (Å²) in [6.07, 6.45) is 13.8. The van der Waals surface area contributed by atoms with E-state index < -0.39 is 5.60 Å². The number of rotatable bonds is 4. The predicted octanol–water partition coefficient (Wildman–Crippen LogP) is 7.22. The summed E-state index contributed by atoms with van der Waals surface area (Å²) in [5.41, 5.74) is 0.502. The number of aliphatic hydroxyl groups is 2.